The van der Waals surface area contributed by atoms with Gasteiger partial charge >= 0.3 is 12.1 Å². The molecule has 0 atom stereocenters. The van der Waals surface area contributed by atoms with Gasteiger partial charge in [0.15, 0.2) is 0 Å². The van der Waals surface area contributed by atoms with Gasteiger partial charge in [-0.05, 0) is 61.0 Å². The zero-order valence-electron chi connectivity index (χ0n) is 21.8. The first kappa shape index (κ1) is 27.8. The van der Waals surface area contributed by atoms with Crippen molar-refractivity contribution in [1.29, 1.82) is 0 Å². The Labute approximate surface area is 231 Å². The van der Waals surface area contributed by atoms with Gasteiger partial charge < -0.3 is 23.8 Å². The van der Waals surface area contributed by atoms with Crippen molar-refractivity contribution in [3.63, 3.8) is 0 Å². The van der Waals surface area contributed by atoms with E-state index in [-0.39, 0.29) is 25.6 Å². The van der Waals surface area contributed by atoms with Gasteiger partial charge in [-0.25, -0.2) is 4.79 Å². The number of rotatable bonds is 11. The first-order valence-electron chi connectivity index (χ1n) is 12.5. The van der Waals surface area contributed by atoms with Crippen molar-refractivity contribution in [3.05, 3.63) is 78.4 Å². The molecule has 2 amide bonds. The van der Waals surface area contributed by atoms with E-state index in [4.69, 9.17) is 18.9 Å². The van der Waals surface area contributed by atoms with E-state index in [0.717, 1.165) is 16.1 Å². The fraction of sp³-hybridized carbons (Fsp3) is 0.276. The Kier molecular flexibility index (Phi) is 9.69. The molecule has 0 spiro atoms. The summed E-state index contributed by atoms with van der Waals surface area (Å²) in [4.78, 5) is 41.6. The fourth-order valence-electron chi connectivity index (χ4n) is 3.92. The molecule has 3 aromatic carbocycles. The highest BCUT2D eigenvalue weighted by Gasteiger charge is 2.24. The summed E-state index contributed by atoms with van der Waals surface area (Å²) in [5, 5.41) is 0. The molecule has 39 heavy (non-hydrogen) atoms. The van der Waals surface area contributed by atoms with Gasteiger partial charge in [-0.15, -0.1) is 11.8 Å². The molecule has 1 heterocycles. The summed E-state index contributed by atoms with van der Waals surface area (Å²) in [6, 6.07) is 21.6. The smallest absolute Gasteiger partial charge is 0.416 e. The molecule has 0 saturated carbocycles. The number of thioether (sulfide) groups is 1. The van der Waals surface area contributed by atoms with Gasteiger partial charge in [-0.2, -0.15) is 0 Å². The number of nitrogens with zero attached hydrogens (tertiary/aromatic N) is 2. The third-order valence-corrected chi connectivity index (χ3v) is 6.88. The molecule has 1 aliphatic heterocycles. The number of hydrogen-bond acceptors (Lipinski definition) is 8. The average molecular weight is 551 g/mol. The lowest BCUT2D eigenvalue weighted by molar-refractivity contribution is -0.144. The monoisotopic (exact) mass is 550 g/mol. The number of para-hydroxylation sites is 1. The van der Waals surface area contributed by atoms with Gasteiger partial charge in [0.25, 0.3) is 0 Å². The number of carbonyl (C=O) groups excluding carboxylic acids is 3. The van der Waals surface area contributed by atoms with Crippen LogP contribution in [0.15, 0.2) is 77.7 Å². The lowest BCUT2D eigenvalue weighted by Crippen LogP contribution is -2.38. The number of benzene rings is 3. The zero-order valence-corrected chi connectivity index (χ0v) is 22.6. The third-order valence-electron chi connectivity index (χ3n) is 5.84. The number of hydrogen-bond donors (Lipinski definition) is 0. The number of anilines is 1. The summed E-state index contributed by atoms with van der Waals surface area (Å²) in [5.74, 6) is 1.52. The van der Waals surface area contributed by atoms with Crippen LogP contribution < -0.4 is 19.1 Å². The topological polar surface area (TPSA) is 94.6 Å². The maximum Gasteiger partial charge on any atom is 0.416 e. The lowest BCUT2D eigenvalue weighted by Gasteiger charge is -2.28. The normalized spacial score (nSPS) is 12.4. The molecule has 3 aromatic rings. The van der Waals surface area contributed by atoms with Crippen LogP contribution in [0.1, 0.15) is 12.5 Å². The Balaban J connectivity index is 1.35. The van der Waals surface area contributed by atoms with Gasteiger partial charge in [-0.1, -0.05) is 24.3 Å². The van der Waals surface area contributed by atoms with Crippen LogP contribution in [0.4, 0.5) is 10.5 Å². The van der Waals surface area contributed by atoms with Crippen LogP contribution in [0.3, 0.4) is 0 Å². The Morgan fingerprint density at radius 1 is 0.949 bits per heavy atom. The van der Waals surface area contributed by atoms with E-state index >= 15 is 0 Å². The van der Waals surface area contributed by atoms with Gasteiger partial charge in [0.2, 0.25) is 5.91 Å². The van der Waals surface area contributed by atoms with Crippen molar-refractivity contribution in [2.75, 3.05) is 44.1 Å². The molecule has 0 radical (unpaired) electrons. The van der Waals surface area contributed by atoms with Crippen LogP contribution >= 0.6 is 11.8 Å². The van der Waals surface area contributed by atoms with E-state index in [2.05, 4.69) is 0 Å². The highest BCUT2D eigenvalue weighted by Crippen LogP contribution is 2.34. The molecule has 0 saturated heterocycles. The summed E-state index contributed by atoms with van der Waals surface area (Å²) in [5.41, 5.74) is 1.68. The van der Waals surface area contributed by atoms with Crippen molar-refractivity contribution in [2.24, 2.45) is 0 Å². The first-order chi connectivity index (χ1) is 19.0. The van der Waals surface area contributed by atoms with Gasteiger partial charge in [0.1, 0.15) is 30.4 Å². The zero-order chi connectivity index (χ0) is 27.6. The van der Waals surface area contributed by atoms with Gasteiger partial charge in [0.05, 0.1) is 31.7 Å². The second kappa shape index (κ2) is 13.6. The van der Waals surface area contributed by atoms with Crippen molar-refractivity contribution < 1.29 is 33.3 Å². The quantitative estimate of drug-likeness (QED) is 0.315. The van der Waals surface area contributed by atoms with Crippen molar-refractivity contribution in [1.82, 2.24) is 4.90 Å². The molecule has 0 aliphatic carbocycles. The molecule has 0 fully saturated rings. The van der Waals surface area contributed by atoms with Crippen LogP contribution in [-0.2, 0) is 20.9 Å². The Morgan fingerprint density at radius 2 is 1.64 bits per heavy atom. The molecule has 0 unspecified atom stereocenters. The van der Waals surface area contributed by atoms with Gasteiger partial charge in [-0.3, -0.25) is 14.5 Å². The number of esters is 1. The summed E-state index contributed by atoms with van der Waals surface area (Å²) in [6.45, 7) is 2.54. The number of amides is 2. The predicted octanol–water partition coefficient (Wildman–Crippen LogP) is 4.78. The Hall–Kier alpha value is -4.18. The van der Waals surface area contributed by atoms with E-state index in [1.165, 1.54) is 4.90 Å². The van der Waals surface area contributed by atoms with Crippen LogP contribution in [0.2, 0.25) is 0 Å². The summed E-state index contributed by atoms with van der Waals surface area (Å²) in [7, 11) is 1.55. The summed E-state index contributed by atoms with van der Waals surface area (Å²) < 4.78 is 21.5. The van der Waals surface area contributed by atoms with E-state index in [1.807, 2.05) is 36.4 Å². The minimum absolute atomic E-state index is 0.0564. The molecule has 0 bridgehead atoms. The van der Waals surface area contributed by atoms with E-state index in [1.54, 1.807) is 67.1 Å². The van der Waals surface area contributed by atoms with Crippen molar-refractivity contribution in [3.8, 4) is 17.2 Å². The maximum absolute atomic E-state index is 12.9. The fourth-order valence-corrected chi connectivity index (χ4v) is 4.86. The second-order valence-electron chi connectivity index (χ2n) is 8.50. The predicted molar refractivity (Wildman–Crippen MR) is 148 cm³/mol. The number of methoxy groups -OCH3 is 1. The lowest BCUT2D eigenvalue weighted by atomic mass is 10.2. The molecular weight excluding hydrogens is 520 g/mol. The van der Waals surface area contributed by atoms with E-state index < -0.39 is 12.1 Å². The largest absolute Gasteiger partial charge is 0.497 e. The molecular formula is C29H30N2O7S. The third kappa shape index (κ3) is 7.67. The SMILES string of the molecule is CCOC(=O)CN(Cc1ccc(OCCN2C(=O)CSc3ccccc32)cc1)C(=O)Oc1ccc(OC)cc1. The standard InChI is InChI=1S/C29H30N2O7S/c1-3-36-28(33)19-30(29(34)38-24-14-12-22(35-2)13-15-24)18-21-8-10-23(11-9-21)37-17-16-31-25-6-4-5-7-26(25)39-20-27(31)32/h4-15H,3,16-20H2,1-2H3. The van der Waals surface area contributed by atoms with Crippen LogP contribution in [0.25, 0.3) is 0 Å². The molecule has 0 aromatic heterocycles. The number of carbonyl (C=O) groups is 3. The minimum atomic E-state index is -0.682. The molecule has 204 valence electrons. The Bertz CT molecular complexity index is 1280. The van der Waals surface area contributed by atoms with Crippen LogP contribution in [0.5, 0.6) is 17.2 Å². The second-order valence-corrected chi connectivity index (χ2v) is 9.52. The first-order valence-corrected chi connectivity index (χ1v) is 13.5. The van der Waals surface area contributed by atoms with Crippen LogP contribution in [-0.4, -0.2) is 62.0 Å². The van der Waals surface area contributed by atoms with Crippen molar-refractivity contribution >= 4 is 35.4 Å². The van der Waals surface area contributed by atoms with E-state index in [9.17, 15) is 14.4 Å². The Morgan fingerprint density at radius 3 is 2.36 bits per heavy atom. The number of ether oxygens (including phenoxy) is 4. The van der Waals surface area contributed by atoms with Gasteiger partial charge in [0, 0.05) is 11.4 Å². The molecule has 1 aliphatic rings. The molecule has 10 heteroatoms. The molecule has 4 rings (SSSR count). The van der Waals surface area contributed by atoms with Crippen LogP contribution in [0, 0.1) is 0 Å². The van der Waals surface area contributed by atoms with E-state index in [0.29, 0.717) is 36.2 Å². The highest BCUT2D eigenvalue weighted by molar-refractivity contribution is 8.00. The maximum atomic E-state index is 12.9. The molecule has 9 nitrogen and oxygen atoms in total. The molecule has 0 N–H and O–H groups in total. The summed E-state index contributed by atoms with van der Waals surface area (Å²) in [6.07, 6.45) is -0.682. The number of fused-ring (bicyclic) bond motifs is 1. The minimum Gasteiger partial charge on any atom is -0.497 e. The summed E-state index contributed by atoms with van der Waals surface area (Å²) >= 11 is 1.54. The highest BCUT2D eigenvalue weighted by atomic mass is 32.2. The van der Waals surface area contributed by atoms with Crippen molar-refractivity contribution in [2.45, 2.75) is 18.4 Å². The average Bonchev–Trinajstić information content (AvgIpc) is 2.95.